The van der Waals surface area contributed by atoms with Crippen LogP contribution in [0.4, 0.5) is 0 Å². The number of oxime groups is 1. The highest BCUT2D eigenvalue weighted by Crippen LogP contribution is 2.22. The molecule has 0 amide bonds. The second-order valence-electron chi connectivity index (χ2n) is 6.71. The van der Waals surface area contributed by atoms with Gasteiger partial charge >= 0.3 is 0 Å². The van der Waals surface area contributed by atoms with E-state index < -0.39 is 0 Å². The predicted molar refractivity (Wildman–Crippen MR) is 107 cm³/mol. The van der Waals surface area contributed by atoms with Gasteiger partial charge in [0.1, 0.15) is 18.0 Å². The van der Waals surface area contributed by atoms with Crippen molar-refractivity contribution in [2.45, 2.75) is 12.8 Å². The quantitative estimate of drug-likeness (QED) is 0.379. The third kappa shape index (κ3) is 4.26. The van der Waals surface area contributed by atoms with E-state index in [9.17, 15) is 4.79 Å². The van der Waals surface area contributed by atoms with Gasteiger partial charge in [-0.2, -0.15) is 0 Å². The standard InChI is InChI=1S/C22H22N2O3/c25-20-15-22(27-21-9-2-1-8-19(20)21)18-7-5-6-17(14-18)16-23-26-13-12-24-10-3-4-11-24/h1-2,5-9,14-16H,3-4,10-13H2/b23-16+. The lowest BCUT2D eigenvalue weighted by Gasteiger charge is -2.12. The lowest BCUT2D eigenvalue weighted by Crippen LogP contribution is -2.23. The SMILES string of the molecule is O=c1cc(-c2cccc(/C=N/OCCN3CCCC3)c2)oc2ccccc12. The fourth-order valence-corrected chi connectivity index (χ4v) is 3.35. The van der Waals surface area contributed by atoms with E-state index in [1.54, 1.807) is 18.3 Å². The summed E-state index contributed by atoms with van der Waals surface area (Å²) in [5.74, 6) is 0.545. The van der Waals surface area contributed by atoms with Crippen molar-refractivity contribution in [1.29, 1.82) is 0 Å². The second kappa shape index (κ2) is 8.18. The number of fused-ring (bicyclic) bond motifs is 1. The summed E-state index contributed by atoms with van der Waals surface area (Å²) >= 11 is 0. The minimum Gasteiger partial charge on any atom is -0.456 e. The van der Waals surface area contributed by atoms with Crippen molar-refractivity contribution in [2.75, 3.05) is 26.2 Å². The van der Waals surface area contributed by atoms with E-state index in [0.717, 1.165) is 30.8 Å². The molecular weight excluding hydrogens is 340 g/mol. The molecule has 0 atom stereocenters. The lowest BCUT2D eigenvalue weighted by molar-refractivity contribution is 0.120. The van der Waals surface area contributed by atoms with Gasteiger partial charge in [-0.05, 0) is 49.7 Å². The lowest BCUT2D eigenvalue weighted by atomic mass is 10.1. The minimum atomic E-state index is -0.0452. The number of nitrogens with zero attached hydrogens (tertiary/aromatic N) is 2. The highest BCUT2D eigenvalue weighted by Gasteiger charge is 2.10. The van der Waals surface area contributed by atoms with Gasteiger partial charge in [0.15, 0.2) is 5.43 Å². The van der Waals surface area contributed by atoms with Crippen molar-refractivity contribution in [1.82, 2.24) is 4.90 Å². The first-order valence-corrected chi connectivity index (χ1v) is 9.31. The molecular formula is C22H22N2O3. The zero-order valence-corrected chi connectivity index (χ0v) is 15.1. The third-order valence-electron chi connectivity index (χ3n) is 4.78. The zero-order valence-electron chi connectivity index (χ0n) is 15.1. The van der Waals surface area contributed by atoms with E-state index in [4.69, 9.17) is 9.25 Å². The number of hydrogen-bond donors (Lipinski definition) is 0. The summed E-state index contributed by atoms with van der Waals surface area (Å²) < 4.78 is 5.90. The zero-order chi connectivity index (χ0) is 18.5. The van der Waals surface area contributed by atoms with E-state index in [1.807, 2.05) is 36.4 Å². The van der Waals surface area contributed by atoms with Gasteiger partial charge in [-0.1, -0.05) is 35.5 Å². The predicted octanol–water partition coefficient (Wildman–Crippen LogP) is 3.91. The van der Waals surface area contributed by atoms with Crippen LogP contribution in [0.2, 0.25) is 0 Å². The van der Waals surface area contributed by atoms with E-state index in [1.165, 1.54) is 18.9 Å². The van der Waals surface area contributed by atoms with Gasteiger partial charge < -0.3 is 9.25 Å². The molecule has 3 aromatic rings. The maximum atomic E-state index is 12.3. The largest absolute Gasteiger partial charge is 0.456 e. The molecule has 27 heavy (non-hydrogen) atoms. The van der Waals surface area contributed by atoms with Crippen molar-refractivity contribution in [3.05, 3.63) is 70.4 Å². The molecule has 1 aliphatic rings. The topological polar surface area (TPSA) is 55.0 Å². The molecule has 1 fully saturated rings. The summed E-state index contributed by atoms with van der Waals surface area (Å²) in [6.45, 7) is 3.83. The van der Waals surface area contributed by atoms with Gasteiger partial charge in [-0.3, -0.25) is 9.69 Å². The van der Waals surface area contributed by atoms with E-state index in [2.05, 4.69) is 10.1 Å². The molecule has 0 unspecified atom stereocenters. The molecule has 2 heterocycles. The summed E-state index contributed by atoms with van der Waals surface area (Å²) in [5.41, 5.74) is 2.27. The van der Waals surface area contributed by atoms with Crippen LogP contribution >= 0.6 is 0 Å². The molecule has 0 N–H and O–H groups in total. The maximum Gasteiger partial charge on any atom is 0.193 e. The van der Waals surface area contributed by atoms with Crippen LogP contribution in [0.25, 0.3) is 22.3 Å². The van der Waals surface area contributed by atoms with Gasteiger partial charge in [-0.25, -0.2) is 0 Å². The Morgan fingerprint density at radius 2 is 1.93 bits per heavy atom. The summed E-state index contributed by atoms with van der Waals surface area (Å²) in [4.78, 5) is 20.1. The maximum absolute atomic E-state index is 12.3. The number of para-hydroxylation sites is 1. The summed E-state index contributed by atoms with van der Waals surface area (Å²) in [6.07, 6.45) is 4.24. The van der Waals surface area contributed by atoms with E-state index >= 15 is 0 Å². The van der Waals surface area contributed by atoms with Crippen molar-refractivity contribution in [3.63, 3.8) is 0 Å². The van der Waals surface area contributed by atoms with Crippen LogP contribution in [0.3, 0.4) is 0 Å². The molecule has 5 nitrogen and oxygen atoms in total. The van der Waals surface area contributed by atoms with Crippen molar-refractivity contribution in [2.24, 2.45) is 5.16 Å². The normalized spacial score (nSPS) is 15.0. The monoisotopic (exact) mass is 362 g/mol. The summed E-state index contributed by atoms with van der Waals surface area (Å²) in [7, 11) is 0. The summed E-state index contributed by atoms with van der Waals surface area (Å²) in [5, 5.41) is 4.65. The molecule has 0 spiro atoms. The van der Waals surface area contributed by atoms with Gasteiger partial charge in [0.2, 0.25) is 0 Å². The number of benzene rings is 2. The number of likely N-dealkylation sites (tertiary alicyclic amines) is 1. The van der Waals surface area contributed by atoms with Crippen LogP contribution in [-0.4, -0.2) is 37.4 Å². The molecule has 1 aliphatic heterocycles. The molecule has 0 bridgehead atoms. The molecule has 138 valence electrons. The highest BCUT2D eigenvalue weighted by atomic mass is 16.6. The van der Waals surface area contributed by atoms with E-state index in [-0.39, 0.29) is 5.43 Å². The Labute approximate surface area is 157 Å². The Bertz CT molecular complexity index is 1000. The molecule has 0 aliphatic carbocycles. The van der Waals surface area contributed by atoms with E-state index in [0.29, 0.717) is 23.3 Å². The van der Waals surface area contributed by atoms with Crippen LogP contribution in [0.1, 0.15) is 18.4 Å². The van der Waals surface area contributed by atoms with Crippen molar-refractivity contribution < 1.29 is 9.25 Å². The summed E-state index contributed by atoms with van der Waals surface area (Å²) in [6, 6.07) is 16.5. The highest BCUT2D eigenvalue weighted by molar-refractivity contribution is 5.83. The Morgan fingerprint density at radius 3 is 2.81 bits per heavy atom. The van der Waals surface area contributed by atoms with Gasteiger partial charge in [0.25, 0.3) is 0 Å². The first-order chi connectivity index (χ1) is 13.3. The van der Waals surface area contributed by atoms with Crippen molar-refractivity contribution in [3.8, 4) is 11.3 Å². The Kier molecular flexibility index (Phi) is 5.30. The third-order valence-corrected chi connectivity index (χ3v) is 4.78. The molecule has 1 saturated heterocycles. The minimum absolute atomic E-state index is 0.0452. The smallest absolute Gasteiger partial charge is 0.193 e. The first kappa shape index (κ1) is 17.5. The molecule has 5 heteroatoms. The molecule has 0 saturated carbocycles. The molecule has 4 rings (SSSR count). The van der Waals surface area contributed by atoms with Gasteiger partial charge in [-0.15, -0.1) is 0 Å². The van der Waals surface area contributed by atoms with Crippen LogP contribution in [0, 0.1) is 0 Å². The van der Waals surface area contributed by atoms with Gasteiger partial charge in [0.05, 0.1) is 11.6 Å². The van der Waals surface area contributed by atoms with Gasteiger partial charge in [0, 0.05) is 18.2 Å². The Hall–Kier alpha value is -2.92. The van der Waals surface area contributed by atoms with Crippen molar-refractivity contribution >= 4 is 17.2 Å². The average Bonchev–Trinajstić information content (AvgIpc) is 3.21. The molecule has 0 radical (unpaired) electrons. The van der Waals surface area contributed by atoms with Crippen LogP contribution in [-0.2, 0) is 4.84 Å². The number of hydrogen-bond acceptors (Lipinski definition) is 5. The molecule has 1 aromatic heterocycles. The molecule has 2 aromatic carbocycles. The average molecular weight is 362 g/mol. The van der Waals surface area contributed by atoms with Crippen LogP contribution < -0.4 is 5.43 Å². The van der Waals surface area contributed by atoms with Crippen LogP contribution in [0.5, 0.6) is 0 Å². The second-order valence-corrected chi connectivity index (χ2v) is 6.71. The van der Waals surface area contributed by atoms with Crippen LogP contribution in [0.15, 0.2) is 69.0 Å². The Balaban J connectivity index is 1.46. The fraction of sp³-hybridized carbons (Fsp3) is 0.273. The number of rotatable bonds is 6. The fourth-order valence-electron chi connectivity index (χ4n) is 3.35. The Morgan fingerprint density at radius 1 is 1.07 bits per heavy atom. The first-order valence-electron chi connectivity index (χ1n) is 9.31.